The highest BCUT2D eigenvalue weighted by atomic mass is 127. The predicted octanol–water partition coefficient (Wildman–Crippen LogP) is 3.27. The first-order valence-electron chi connectivity index (χ1n) is 1.74. The van der Waals surface area contributed by atoms with Crippen molar-refractivity contribution in [1.29, 1.82) is 0 Å². The zero-order valence-electron chi connectivity index (χ0n) is 3.96. The molecule has 0 heterocycles. The monoisotopic (exact) mass is 449 g/mol. The van der Waals surface area contributed by atoms with Crippen molar-refractivity contribution in [2.75, 3.05) is 4.43 Å². The molecule has 8 heavy (non-hydrogen) atoms. The smallest absolute Gasteiger partial charge is 0.166 e. The van der Waals surface area contributed by atoms with Crippen LogP contribution in [-0.4, -0.2) is 4.43 Å². The highest BCUT2D eigenvalue weighted by Gasteiger charge is 1.95. The molecule has 1 radical (unpaired) electrons. The molecule has 0 atom stereocenters. The van der Waals surface area contributed by atoms with E-state index in [0.29, 0.717) is 0 Å². The van der Waals surface area contributed by atoms with Gasteiger partial charge in [-0.3, -0.25) is 0 Å². The molecule has 1 nitrogen and oxygen atoms in total. The number of rotatable bonds is 2. The standard InChI is InChI=1S/C4H4I3O/c1-8-4(7)3(6)2-5/h1-2H2/b4-3+. The number of ether oxygens (including phenoxy) is 1. The van der Waals surface area contributed by atoms with Crippen molar-refractivity contribution < 1.29 is 4.74 Å². The van der Waals surface area contributed by atoms with E-state index in [-0.39, 0.29) is 0 Å². The molecule has 0 aliphatic heterocycles. The first-order chi connectivity index (χ1) is 3.72. The van der Waals surface area contributed by atoms with E-state index in [0.717, 1.165) is 8.19 Å². The number of alkyl halides is 1. The lowest BCUT2D eigenvalue weighted by Crippen LogP contribution is -1.77. The minimum atomic E-state index is 0.887. The van der Waals surface area contributed by atoms with Crippen LogP contribution in [0.4, 0.5) is 0 Å². The number of allylic oxidation sites excluding steroid dienone is 1. The van der Waals surface area contributed by atoms with Gasteiger partial charge < -0.3 is 4.74 Å². The van der Waals surface area contributed by atoms with Gasteiger partial charge in [-0.2, -0.15) is 0 Å². The summed E-state index contributed by atoms with van der Waals surface area (Å²) in [5, 5.41) is 0. The molecule has 0 saturated carbocycles. The lowest BCUT2D eigenvalue weighted by molar-refractivity contribution is 0.386. The van der Waals surface area contributed by atoms with E-state index in [4.69, 9.17) is 4.74 Å². The van der Waals surface area contributed by atoms with Gasteiger partial charge in [0.25, 0.3) is 0 Å². The minimum Gasteiger partial charge on any atom is -0.483 e. The molecular formula is C4H4I3O. The Morgan fingerprint density at radius 2 is 2.00 bits per heavy atom. The molecule has 0 aromatic carbocycles. The lowest BCUT2D eigenvalue weighted by Gasteiger charge is -1.96. The van der Waals surface area contributed by atoms with Crippen molar-refractivity contribution in [3.05, 3.63) is 14.5 Å². The van der Waals surface area contributed by atoms with Crippen LogP contribution in [0.3, 0.4) is 0 Å². The van der Waals surface area contributed by atoms with Crippen LogP contribution in [0.1, 0.15) is 0 Å². The average Bonchev–Trinajstić information content (AvgIpc) is 1.84. The number of hydrogen-bond acceptors (Lipinski definition) is 1. The van der Waals surface area contributed by atoms with Gasteiger partial charge in [0, 0.05) is 8.01 Å². The molecular weight excluding hydrogens is 445 g/mol. The fraction of sp³-hybridized carbons (Fsp3) is 0.250. The quantitative estimate of drug-likeness (QED) is 0.358. The highest BCUT2D eigenvalue weighted by molar-refractivity contribution is 14.1. The van der Waals surface area contributed by atoms with Crippen LogP contribution >= 0.6 is 67.8 Å². The second-order valence-electron chi connectivity index (χ2n) is 0.957. The van der Waals surface area contributed by atoms with E-state index in [1.807, 2.05) is 0 Å². The third-order valence-electron chi connectivity index (χ3n) is 0.457. The second-order valence-corrected chi connectivity index (χ2v) is 4.00. The Bertz CT molecular complexity index is 87.5. The molecule has 0 fully saturated rings. The van der Waals surface area contributed by atoms with Gasteiger partial charge in [0.15, 0.2) is 3.77 Å². The van der Waals surface area contributed by atoms with Gasteiger partial charge in [0.2, 0.25) is 0 Å². The maximum Gasteiger partial charge on any atom is 0.166 e. The molecule has 0 unspecified atom stereocenters. The summed E-state index contributed by atoms with van der Waals surface area (Å²) in [5.74, 6) is 0. The Hall–Kier alpha value is 1.73. The van der Waals surface area contributed by atoms with E-state index in [1.165, 1.54) is 3.58 Å². The van der Waals surface area contributed by atoms with Crippen LogP contribution in [0.15, 0.2) is 7.35 Å². The fourth-order valence-electron chi connectivity index (χ4n) is 0.131. The van der Waals surface area contributed by atoms with Gasteiger partial charge >= 0.3 is 0 Å². The minimum absolute atomic E-state index is 0.887. The van der Waals surface area contributed by atoms with Gasteiger partial charge in [0.05, 0.1) is 0 Å². The van der Waals surface area contributed by atoms with Crippen LogP contribution in [0.2, 0.25) is 0 Å². The predicted molar refractivity (Wildman–Crippen MR) is 60.4 cm³/mol. The van der Waals surface area contributed by atoms with E-state index < -0.39 is 0 Å². The Kier molecular flexibility index (Phi) is 6.70. The molecule has 0 aliphatic carbocycles. The van der Waals surface area contributed by atoms with Crippen LogP contribution < -0.4 is 0 Å². The molecule has 0 aromatic rings. The van der Waals surface area contributed by atoms with Gasteiger partial charge in [-0.1, -0.05) is 22.6 Å². The topological polar surface area (TPSA) is 9.23 Å². The molecule has 4 heteroatoms. The molecule has 0 aromatic heterocycles. The maximum absolute atomic E-state index is 4.71. The van der Waals surface area contributed by atoms with E-state index in [9.17, 15) is 0 Å². The normalized spacial score (nSPS) is 13.0. The van der Waals surface area contributed by atoms with Crippen molar-refractivity contribution in [2.45, 2.75) is 0 Å². The molecule has 0 rings (SSSR count). The molecule has 0 bridgehead atoms. The first-order valence-corrected chi connectivity index (χ1v) is 5.42. The van der Waals surface area contributed by atoms with Gasteiger partial charge in [-0.05, 0) is 45.2 Å². The summed E-state index contributed by atoms with van der Waals surface area (Å²) < 4.78 is 7.79. The molecule has 0 saturated heterocycles. The summed E-state index contributed by atoms with van der Waals surface area (Å²) in [5.41, 5.74) is 0. The van der Waals surface area contributed by atoms with Crippen molar-refractivity contribution in [3.63, 3.8) is 0 Å². The summed E-state index contributed by atoms with van der Waals surface area (Å²) in [6.45, 7) is 0. The van der Waals surface area contributed by atoms with Crippen molar-refractivity contribution >= 4 is 67.8 Å². The highest BCUT2D eigenvalue weighted by Crippen LogP contribution is 2.21. The SMILES string of the molecule is [CH2]O/C(I)=C(/I)CI. The van der Waals surface area contributed by atoms with E-state index in [1.54, 1.807) is 0 Å². The van der Waals surface area contributed by atoms with Gasteiger partial charge in [-0.25, -0.2) is 0 Å². The number of halogens is 3. The molecule has 0 spiro atoms. The van der Waals surface area contributed by atoms with Gasteiger partial charge in [-0.15, -0.1) is 0 Å². The zero-order chi connectivity index (χ0) is 6.57. The third kappa shape index (κ3) is 3.70. The van der Waals surface area contributed by atoms with Crippen LogP contribution in [-0.2, 0) is 4.74 Å². The first kappa shape index (κ1) is 9.73. The molecule has 0 aliphatic rings. The summed E-state index contributed by atoms with van der Waals surface area (Å²) in [6.07, 6.45) is 0. The van der Waals surface area contributed by atoms with Crippen molar-refractivity contribution in [3.8, 4) is 0 Å². The van der Waals surface area contributed by atoms with Crippen LogP contribution in [0.5, 0.6) is 0 Å². The fourth-order valence-corrected chi connectivity index (χ4v) is 1.55. The Morgan fingerprint density at radius 1 is 1.50 bits per heavy atom. The number of hydrogen-bond donors (Lipinski definition) is 0. The molecule has 47 valence electrons. The Labute approximate surface area is 90.0 Å². The molecule has 0 N–H and O–H groups in total. The largest absolute Gasteiger partial charge is 0.483 e. The van der Waals surface area contributed by atoms with E-state index >= 15 is 0 Å². The van der Waals surface area contributed by atoms with Crippen LogP contribution in [0.25, 0.3) is 0 Å². The zero-order valence-corrected chi connectivity index (χ0v) is 10.4. The summed E-state index contributed by atoms with van der Waals surface area (Å²) >= 11 is 6.62. The third-order valence-corrected chi connectivity index (χ3v) is 5.55. The van der Waals surface area contributed by atoms with Crippen molar-refractivity contribution in [2.24, 2.45) is 0 Å². The summed E-state index contributed by atoms with van der Waals surface area (Å²) in [4.78, 5) is 0. The average molecular weight is 449 g/mol. The maximum atomic E-state index is 4.71. The second kappa shape index (κ2) is 5.51. The van der Waals surface area contributed by atoms with E-state index in [2.05, 4.69) is 74.9 Å². The molecule has 0 amide bonds. The summed E-state index contributed by atoms with van der Waals surface area (Å²) in [6, 6.07) is 0. The Balaban J connectivity index is 3.83. The van der Waals surface area contributed by atoms with Crippen LogP contribution in [0, 0.1) is 7.11 Å². The van der Waals surface area contributed by atoms with Gasteiger partial charge in [0.1, 0.15) is 7.11 Å². The summed E-state index contributed by atoms with van der Waals surface area (Å²) in [7, 11) is 3.28. The van der Waals surface area contributed by atoms with Crippen molar-refractivity contribution in [1.82, 2.24) is 0 Å². The lowest BCUT2D eigenvalue weighted by atomic mass is 10.7. The Morgan fingerprint density at radius 3 is 2.12 bits per heavy atom.